The normalized spacial score (nSPS) is 10.8. The summed E-state index contributed by atoms with van der Waals surface area (Å²) in [5.74, 6) is -1.81. The highest BCUT2D eigenvalue weighted by atomic mass is 19.2. The number of hydrogen-bond acceptors (Lipinski definition) is 1. The van der Waals surface area contributed by atoms with Gasteiger partial charge in [-0.25, -0.2) is 8.78 Å². The van der Waals surface area contributed by atoms with Crippen LogP contribution in [0.2, 0.25) is 0 Å². The van der Waals surface area contributed by atoms with Gasteiger partial charge in [-0.15, -0.1) is 0 Å². The van der Waals surface area contributed by atoms with Crippen LogP contribution in [-0.4, -0.2) is 0 Å². The first kappa shape index (κ1) is 14.7. The van der Waals surface area contributed by atoms with E-state index in [1.807, 2.05) is 0 Å². The van der Waals surface area contributed by atoms with E-state index >= 15 is 0 Å². The van der Waals surface area contributed by atoms with Gasteiger partial charge in [0.1, 0.15) is 0 Å². The second-order valence-electron chi connectivity index (χ2n) is 4.53. The Kier molecular flexibility index (Phi) is 4.33. The molecule has 0 aliphatic heterocycles. The summed E-state index contributed by atoms with van der Waals surface area (Å²) in [5.41, 5.74) is 7.43. The number of nitrogen functional groups attached to an aromatic ring is 1. The van der Waals surface area contributed by atoms with Crippen molar-refractivity contribution in [3.8, 4) is 11.1 Å². The van der Waals surface area contributed by atoms with Crippen LogP contribution in [-0.2, 0) is 0 Å². The van der Waals surface area contributed by atoms with Crippen LogP contribution in [0.5, 0.6) is 0 Å². The number of hydrogen-bond donors (Lipinski definition) is 1. The predicted molar refractivity (Wildman–Crippen MR) is 84.6 cm³/mol. The van der Waals surface area contributed by atoms with Crippen molar-refractivity contribution in [3.05, 3.63) is 85.0 Å². The number of halogens is 2. The van der Waals surface area contributed by atoms with Gasteiger partial charge in [-0.1, -0.05) is 55.7 Å². The van der Waals surface area contributed by atoms with Crippen molar-refractivity contribution in [1.29, 1.82) is 0 Å². The molecule has 2 rings (SSSR count). The minimum absolute atomic E-state index is 0.129. The molecule has 0 aliphatic carbocycles. The summed E-state index contributed by atoms with van der Waals surface area (Å²) in [6.07, 6.45) is 4.74. The van der Waals surface area contributed by atoms with Gasteiger partial charge in [0.2, 0.25) is 0 Å². The molecule has 0 unspecified atom stereocenters. The smallest absolute Gasteiger partial charge is 0.167 e. The molecule has 2 N–H and O–H groups in total. The van der Waals surface area contributed by atoms with E-state index in [0.29, 0.717) is 16.8 Å². The average Bonchev–Trinajstić information content (AvgIpc) is 2.48. The van der Waals surface area contributed by atoms with E-state index in [0.717, 1.165) is 0 Å². The summed E-state index contributed by atoms with van der Waals surface area (Å²) in [5, 5.41) is 0. The fourth-order valence-electron chi connectivity index (χ4n) is 1.96. The second kappa shape index (κ2) is 6.18. The molecular formula is C18H15F2N. The molecule has 0 aliphatic rings. The number of nitrogens with two attached hydrogens (primary N) is 1. The van der Waals surface area contributed by atoms with Crippen molar-refractivity contribution >= 4 is 11.3 Å². The van der Waals surface area contributed by atoms with Gasteiger partial charge in [-0.05, 0) is 23.3 Å². The standard InChI is InChI=1S/C18H15F2N/c1-3-4-5-12(2)15-10-11-16(18(20)17(15)19)13-6-8-14(21)9-7-13/h3-11H,1-2,21H2/b5-4-. The minimum Gasteiger partial charge on any atom is -0.399 e. The third kappa shape index (κ3) is 3.08. The topological polar surface area (TPSA) is 26.0 Å². The Morgan fingerprint density at radius 3 is 2.29 bits per heavy atom. The zero-order valence-corrected chi connectivity index (χ0v) is 11.4. The highest BCUT2D eigenvalue weighted by Crippen LogP contribution is 2.29. The summed E-state index contributed by atoms with van der Waals surface area (Å²) in [6.45, 7) is 7.24. The van der Waals surface area contributed by atoms with Gasteiger partial charge in [0.25, 0.3) is 0 Å². The highest BCUT2D eigenvalue weighted by molar-refractivity contribution is 5.76. The van der Waals surface area contributed by atoms with Crippen LogP contribution in [0.15, 0.2) is 67.8 Å². The molecule has 1 nitrogen and oxygen atoms in total. The monoisotopic (exact) mass is 283 g/mol. The number of anilines is 1. The van der Waals surface area contributed by atoms with Crippen molar-refractivity contribution in [1.82, 2.24) is 0 Å². The van der Waals surface area contributed by atoms with Gasteiger partial charge in [-0.2, -0.15) is 0 Å². The Morgan fingerprint density at radius 2 is 1.67 bits per heavy atom. The summed E-state index contributed by atoms with van der Waals surface area (Å²) in [6, 6.07) is 9.64. The van der Waals surface area contributed by atoms with E-state index in [1.165, 1.54) is 12.1 Å². The Balaban J connectivity index is 2.46. The molecule has 106 valence electrons. The summed E-state index contributed by atoms with van der Waals surface area (Å²) >= 11 is 0. The van der Waals surface area contributed by atoms with Gasteiger partial charge in [-0.3, -0.25) is 0 Å². The lowest BCUT2D eigenvalue weighted by atomic mass is 9.99. The van der Waals surface area contributed by atoms with E-state index in [2.05, 4.69) is 13.2 Å². The lowest BCUT2D eigenvalue weighted by Crippen LogP contribution is -1.96. The molecule has 0 amide bonds. The van der Waals surface area contributed by atoms with Crippen LogP contribution in [0.25, 0.3) is 16.7 Å². The van der Waals surface area contributed by atoms with Crippen molar-refractivity contribution in [2.75, 3.05) is 5.73 Å². The maximum atomic E-state index is 14.2. The Bertz CT molecular complexity index is 713. The summed E-state index contributed by atoms with van der Waals surface area (Å²) < 4.78 is 28.4. The number of allylic oxidation sites excluding steroid dienone is 4. The molecule has 3 heteroatoms. The van der Waals surface area contributed by atoms with Crippen LogP contribution < -0.4 is 5.73 Å². The van der Waals surface area contributed by atoms with E-state index in [-0.39, 0.29) is 11.1 Å². The van der Waals surface area contributed by atoms with Crippen molar-refractivity contribution in [2.45, 2.75) is 0 Å². The fourth-order valence-corrected chi connectivity index (χ4v) is 1.96. The molecule has 0 saturated carbocycles. The Morgan fingerprint density at radius 1 is 1.00 bits per heavy atom. The minimum atomic E-state index is -0.914. The largest absolute Gasteiger partial charge is 0.399 e. The van der Waals surface area contributed by atoms with E-state index in [4.69, 9.17) is 5.73 Å². The van der Waals surface area contributed by atoms with Crippen LogP contribution in [0.1, 0.15) is 5.56 Å². The Labute approximate surface area is 122 Å². The predicted octanol–water partition coefficient (Wildman–Crippen LogP) is 4.97. The lowest BCUT2D eigenvalue weighted by Gasteiger charge is -2.09. The highest BCUT2D eigenvalue weighted by Gasteiger charge is 2.15. The molecule has 0 saturated heterocycles. The van der Waals surface area contributed by atoms with Crippen molar-refractivity contribution in [3.63, 3.8) is 0 Å². The maximum absolute atomic E-state index is 14.2. The number of rotatable bonds is 4. The first-order valence-electron chi connectivity index (χ1n) is 6.37. The summed E-state index contributed by atoms with van der Waals surface area (Å²) in [4.78, 5) is 0. The first-order chi connectivity index (χ1) is 10.0. The molecule has 2 aromatic rings. The molecule has 0 fully saturated rings. The SMILES string of the molecule is C=C/C=C\C(=C)c1ccc(-c2ccc(N)cc2)c(F)c1F. The van der Waals surface area contributed by atoms with Gasteiger partial charge in [0, 0.05) is 16.8 Å². The zero-order chi connectivity index (χ0) is 15.4. The van der Waals surface area contributed by atoms with Gasteiger partial charge in [0.05, 0.1) is 0 Å². The van der Waals surface area contributed by atoms with Crippen molar-refractivity contribution in [2.24, 2.45) is 0 Å². The molecule has 0 aromatic heterocycles. The molecule has 0 spiro atoms. The van der Waals surface area contributed by atoms with Gasteiger partial charge >= 0.3 is 0 Å². The first-order valence-corrected chi connectivity index (χ1v) is 6.37. The maximum Gasteiger partial charge on any atom is 0.167 e. The third-order valence-corrected chi connectivity index (χ3v) is 3.08. The van der Waals surface area contributed by atoms with Crippen molar-refractivity contribution < 1.29 is 8.78 Å². The third-order valence-electron chi connectivity index (χ3n) is 3.08. The molecule has 21 heavy (non-hydrogen) atoms. The molecular weight excluding hydrogens is 268 g/mol. The lowest BCUT2D eigenvalue weighted by molar-refractivity contribution is 0.509. The summed E-state index contributed by atoms with van der Waals surface area (Å²) in [7, 11) is 0. The van der Waals surface area contributed by atoms with E-state index in [9.17, 15) is 8.78 Å². The molecule has 0 heterocycles. The Hall–Kier alpha value is -2.68. The average molecular weight is 283 g/mol. The molecule has 2 aromatic carbocycles. The molecule has 0 bridgehead atoms. The van der Waals surface area contributed by atoms with Crippen LogP contribution in [0.4, 0.5) is 14.5 Å². The van der Waals surface area contributed by atoms with E-state index < -0.39 is 11.6 Å². The van der Waals surface area contributed by atoms with Crippen LogP contribution in [0.3, 0.4) is 0 Å². The number of benzene rings is 2. The van der Waals surface area contributed by atoms with Gasteiger partial charge < -0.3 is 5.73 Å². The molecule has 0 atom stereocenters. The molecule has 0 radical (unpaired) electrons. The van der Waals surface area contributed by atoms with E-state index in [1.54, 1.807) is 42.5 Å². The van der Waals surface area contributed by atoms with Crippen LogP contribution in [0, 0.1) is 11.6 Å². The fraction of sp³-hybridized carbons (Fsp3) is 0. The van der Waals surface area contributed by atoms with Crippen LogP contribution >= 0.6 is 0 Å². The van der Waals surface area contributed by atoms with Gasteiger partial charge in [0.15, 0.2) is 11.6 Å². The second-order valence-corrected chi connectivity index (χ2v) is 4.53. The zero-order valence-electron chi connectivity index (χ0n) is 11.4. The quantitative estimate of drug-likeness (QED) is 0.622.